The van der Waals surface area contributed by atoms with E-state index in [1.807, 2.05) is 18.2 Å². The van der Waals surface area contributed by atoms with Gasteiger partial charge in [-0.05, 0) is 37.8 Å². The molecule has 1 aliphatic carbocycles. The number of halogens is 1. The standard InChI is InChI=1S/C21H21ClN4O3/c1-12(27)29-15-8-6-14(7-9-15)24-21-23-11-13-10-17(20(28)25-19(13)26-21)16-4-2-3-5-18(16)22/h2-5,10-11,14-15H,6-9H2,1H3,(H2,23,24,25,26,28). The van der Waals surface area contributed by atoms with Gasteiger partial charge < -0.3 is 15.0 Å². The first-order valence-electron chi connectivity index (χ1n) is 9.58. The van der Waals surface area contributed by atoms with Crippen LogP contribution in [0.2, 0.25) is 5.02 Å². The average Bonchev–Trinajstić information content (AvgIpc) is 2.69. The number of hydrogen-bond donors (Lipinski definition) is 2. The van der Waals surface area contributed by atoms with Crippen molar-refractivity contribution in [3.05, 3.63) is 51.9 Å². The quantitative estimate of drug-likeness (QED) is 0.630. The largest absolute Gasteiger partial charge is 0.463 e. The van der Waals surface area contributed by atoms with Gasteiger partial charge in [-0.25, -0.2) is 4.98 Å². The van der Waals surface area contributed by atoms with Crippen molar-refractivity contribution in [2.75, 3.05) is 5.32 Å². The molecule has 0 bridgehead atoms. The van der Waals surface area contributed by atoms with E-state index >= 15 is 0 Å². The SMILES string of the molecule is CC(=O)OC1CCC(Nc2ncc3cc(-c4ccccc4Cl)c(=O)[nH]c3n2)CC1. The molecule has 3 aromatic rings. The van der Waals surface area contributed by atoms with Crippen LogP contribution >= 0.6 is 11.6 Å². The Morgan fingerprint density at radius 2 is 1.97 bits per heavy atom. The zero-order valence-electron chi connectivity index (χ0n) is 15.9. The van der Waals surface area contributed by atoms with Crippen molar-refractivity contribution in [2.24, 2.45) is 0 Å². The molecule has 1 aromatic carbocycles. The first kappa shape index (κ1) is 19.4. The second-order valence-corrected chi connectivity index (χ2v) is 7.62. The van der Waals surface area contributed by atoms with Crippen molar-refractivity contribution in [2.45, 2.75) is 44.8 Å². The van der Waals surface area contributed by atoms with Gasteiger partial charge in [0.1, 0.15) is 11.8 Å². The first-order valence-corrected chi connectivity index (χ1v) is 9.96. The van der Waals surface area contributed by atoms with Crippen LogP contribution in [0.25, 0.3) is 22.2 Å². The summed E-state index contributed by atoms with van der Waals surface area (Å²) in [5, 5.41) is 4.56. The number of nitrogens with one attached hydrogen (secondary N) is 2. The van der Waals surface area contributed by atoms with Gasteiger partial charge in [0.25, 0.3) is 5.56 Å². The Morgan fingerprint density at radius 3 is 2.69 bits per heavy atom. The number of pyridine rings is 1. The van der Waals surface area contributed by atoms with E-state index in [1.165, 1.54) is 6.92 Å². The van der Waals surface area contributed by atoms with E-state index in [0.29, 0.717) is 27.7 Å². The summed E-state index contributed by atoms with van der Waals surface area (Å²) < 4.78 is 5.27. The minimum atomic E-state index is -0.253. The molecule has 1 aliphatic rings. The molecule has 0 spiro atoms. The van der Waals surface area contributed by atoms with E-state index in [4.69, 9.17) is 16.3 Å². The van der Waals surface area contributed by atoms with Crippen LogP contribution in [0.4, 0.5) is 5.95 Å². The number of ether oxygens (including phenoxy) is 1. The van der Waals surface area contributed by atoms with Gasteiger partial charge in [-0.1, -0.05) is 29.8 Å². The highest BCUT2D eigenvalue weighted by Crippen LogP contribution is 2.27. The third kappa shape index (κ3) is 4.40. The van der Waals surface area contributed by atoms with Gasteiger partial charge in [-0.15, -0.1) is 0 Å². The predicted octanol–water partition coefficient (Wildman–Crippen LogP) is 3.92. The Balaban J connectivity index is 1.52. The topological polar surface area (TPSA) is 97.0 Å². The molecule has 4 rings (SSSR count). The Labute approximate surface area is 172 Å². The minimum absolute atomic E-state index is 0.0114. The van der Waals surface area contributed by atoms with Crippen molar-refractivity contribution >= 4 is 34.6 Å². The molecule has 7 nitrogen and oxygen atoms in total. The summed E-state index contributed by atoms with van der Waals surface area (Å²) in [5.74, 6) is 0.231. The van der Waals surface area contributed by atoms with Crippen molar-refractivity contribution in [3.8, 4) is 11.1 Å². The van der Waals surface area contributed by atoms with Gasteiger partial charge in [-0.3, -0.25) is 9.59 Å². The molecule has 0 aliphatic heterocycles. The van der Waals surface area contributed by atoms with Crippen molar-refractivity contribution < 1.29 is 9.53 Å². The van der Waals surface area contributed by atoms with Crippen LogP contribution in [-0.2, 0) is 9.53 Å². The number of H-pyrrole nitrogens is 1. The number of carbonyl (C=O) groups excluding carboxylic acids is 1. The predicted molar refractivity (Wildman–Crippen MR) is 112 cm³/mol. The maximum absolute atomic E-state index is 12.6. The lowest BCUT2D eigenvalue weighted by molar-refractivity contribution is -0.147. The molecule has 0 atom stereocenters. The molecule has 1 saturated carbocycles. The fraction of sp³-hybridized carbons (Fsp3) is 0.333. The fourth-order valence-electron chi connectivity index (χ4n) is 3.68. The number of carbonyl (C=O) groups is 1. The maximum atomic E-state index is 12.6. The second kappa shape index (κ2) is 8.21. The summed E-state index contributed by atoms with van der Waals surface area (Å²) in [6, 6.07) is 9.17. The Morgan fingerprint density at radius 1 is 1.21 bits per heavy atom. The number of esters is 1. The smallest absolute Gasteiger partial charge is 0.302 e. The second-order valence-electron chi connectivity index (χ2n) is 7.22. The van der Waals surface area contributed by atoms with E-state index in [0.717, 1.165) is 31.1 Å². The van der Waals surface area contributed by atoms with Crippen LogP contribution in [0.1, 0.15) is 32.6 Å². The third-order valence-electron chi connectivity index (χ3n) is 5.10. The fourth-order valence-corrected chi connectivity index (χ4v) is 3.92. The number of aromatic amines is 1. The van der Waals surface area contributed by atoms with Gasteiger partial charge in [0.05, 0.1) is 0 Å². The van der Waals surface area contributed by atoms with Crippen LogP contribution in [0.15, 0.2) is 41.3 Å². The van der Waals surface area contributed by atoms with Crippen molar-refractivity contribution in [1.82, 2.24) is 15.0 Å². The summed E-state index contributed by atoms with van der Waals surface area (Å²) in [7, 11) is 0. The molecule has 150 valence electrons. The summed E-state index contributed by atoms with van der Waals surface area (Å²) >= 11 is 6.23. The third-order valence-corrected chi connectivity index (χ3v) is 5.43. The number of hydrogen-bond acceptors (Lipinski definition) is 6. The van der Waals surface area contributed by atoms with Crippen molar-refractivity contribution in [1.29, 1.82) is 0 Å². The lowest BCUT2D eigenvalue weighted by Gasteiger charge is -2.28. The number of rotatable bonds is 4. The zero-order valence-corrected chi connectivity index (χ0v) is 16.7. The molecule has 2 N–H and O–H groups in total. The lowest BCUT2D eigenvalue weighted by Crippen LogP contribution is -2.31. The highest BCUT2D eigenvalue weighted by atomic mass is 35.5. The van der Waals surface area contributed by atoms with Crippen LogP contribution in [0, 0.1) is 0 Å². The van der Waals surface area contributed by atoms with Crippen LogP contribution in [-0.4, -0.2) is 33.1 Å². The number of aromatic nitrogens is 3. The summed E-state index contributed by atoms with van der Waals surface area (Å²) in [6.07, 6.45) is 5.02. The maximum Gasteiger partial charge on any atom is 0.302 e. The Hall–Kier alpha value is -2.93. The Bertz CT molecular complexity index is 1110. The molecular weight excluding hydrogens is 392 g/mol. The van der Waals surface area contributed by atoms with Crippen LogP contribution < -0.4 is 10.9 Å². The minimum Gasteiger partial charge on any atom is -0.463 e. The highest BCUT2D eigenvalue weighted by molar-refractivity contribution is 6.33. The van der Waals surface area contributed by atoms with Gasteiger partial charge in [-0.2, -0.15) is 4.98 Å². The summed E-state index contributed by atoms with van der Waals surface area (Å²) in [5.41, 5.74) is 1.37. The summed E-state index contributed by atoms with van der Waals surface area (Å²) in [6.45, 7) is 1.44. The van der Waals surface area contributed by atoms with Gasteiger partial charge in [0.2, 0.25) is 5.95 Å². The van der Waals surface area contributed by atoms with Crippen LogP contribution in [0.5, 0.6) is 0 Å². The van der Waals surface area contributed by atoms with E-state index in [9.17, 15) is 9.59 Å². The van der Waals surface area contributed by atoms with Crippen LogP contribution in [0.3, 0.4) is 0 Å². The van der Waals surface area contributed by atoms with Gasteiger partial charge in [0, 0.05) is 40.7 Å². The lowest BCUT2D eigenvalue weighted by atomic mass is 9.93. The zero-order chi connectivity index (χ0) is 20.4. The molecule has 2 heterocycles. The molecule has 0 unspecified atom stereocenters. The van der Waals surface area contributed by atoms with E-state index in [1.54, 1.807) is 18.3 Å². The van der Waals surface area contributed by atoms with Crippen molar-refractivity contribution in [3.63, 3.8) is 0 Å². The highest BCUT2D eigenvalue weighted by Gasteiger charge is 2.23. The average molecular weight is 413 g/mol. The molecular formula is C21H21ClN4O3. The number of fused-ring (bicyclic) bond motifs is 1. The molecule has 29 heavy (non-hydrogen) atoms. The van der Waals surface area contributed by atoms with E-state index in [2.05, 4.69) is 20.3 Å². The molecule has 0 amide bonds. The summed E-state index contributed by atoms with van der Waals surface area (Å²) in [4.78, 5) is 35.3. The molecule has 0 saturated heterocycles. The van der Waals surface area contributed by atoms with Gasteiger partial charge >= 0.3 is 5.97 Å². The number of benzene rings is 1. The number of nitrogens with zero attached hydrogens (tertiary/aromatic N) is 2. The Kier molecular flexibility index (Phi) is 5.49. The van der Waals surface area contributed by atoms with E-state index in [-0.39, 0.29) is 23.7 Å². The first-order chi connectivity index (χ1) is 14.0. The monoisotopic (exact) mass is 412 g/mol. The molecule has 2 aromatic heterocycles. The normalized spacial score (nSPS) is 19.1. The van der Waals surface area contributed by atoms with Gasteiger partial charge in [0.15, 0.2) is 0 Å². The number of anilines is 1. The molecule has 0 radical (unpaired) electrons. The molecule has 8 heteroatoms. The molecule has 1 fully saturated rings. The van der Waals surface area contributed by atoms with E-state index < -0.39 is 0 Å².